The first-order chi connectivity index (χ1) is 12.3. The Hall–Kier alpha value is -2.40. The van der Waals surface area contributed by atoms with Crippen molar-refractivity contribution in [3.05, 3.63) is 75.2 Å². The molecule has 136 valence electrons. The Morgan fingerprint density at radius 1 is 1.19 bits per heavy atom. The van der Waals surface area contributed by atoms with Crippen LogP contribution in [-0.4, -0.2) is 15.7 Å². The molecule has 2 aromatic heterocycles. The van der Waals surface area contributed by atoms with Gasteiger partial charge < -0.3 is 5.32 Å². The van der Waals surface area contributed by atoms with Gasteiger partial charge in [0.25, 0.3) is 5.91 Å². The first-order valence-electron chi connectivity index (χ1n) is 8.77. The molecule has 0 fully saturated rings. The Bertz CT molecular complexity index is 888. The molecule has 0 saturated heterocycles. The second-order valence-corrected chi connectivity index (χ2v) is 8.61. The number of hydrogen-bond acceptors (Lipinski definition) is 3. The molecule has 0 radical (unpaired) electrons. The first kappa shape index (κ1) is 18.4. The van der Waals surface area contributed by atoms with Gasteiger partial charge in [0.15, 0.2) is 0 Å². The van der Waals surface area contributed by atoms with Crippen LogP contribution in [0.15, 0.2) is 47.8 Å². The van der Waals surface area contributed by atoms with Crippen molar-refractivity contribution in [3.8, 4) is 0 Å². The summed E-state index contributed by atoms with van der Waals surface area (Å²) in [6, 6.07) is 14.2. The van der Waals surface area contributed by atoms with E-state index in [1.807, 2.05) is 34.3 Å². The van der Waals surface area contributed by atoms with E-state index in [1.165, 1.54) is 5.56 Å². The Morgan fingerprint density at radius 2 is 2.00 bits per heavy atom. The minimum Gasteiger partial charge on any atom is -0.346 e. The van der Waals surface area contributed by atoms with Gasteiger partial charge in [-0.1, -0.05) is 56.7 Å². The number of rotatable bonds is 5. The quantitative estimate of drug-likeness (QED) is 0.720. The minimum absolute atomic E-state index is 0.0888. The lowest BCUT2D eigenvalue weighted by Gasteiger charge is -2.14. The largest absolute Gasteiger partial charge is 0.346 e. The highest BCUT2D eigenvalue weighted by Crippen LogP contribution is 2.22. The van der Waals surface area contributed by atoms with Crippen molar-refractivity contribution in [1.29, 1.82) is 0 Å². The number of aryl methyl sites for hydroxylation is 1. The fourth-order valence-corrected chi connectivity index (χ4v) is 3.39. The molecule has 0 saturated carbocycles. The summed E-state index contributed by atoms with van der Waals surface area (Å²) >= 11 is 1.64. The summed E-state index contributed by atoms with van der Waals surface area (Å²) in [7, 11) is 0. The molecule has 1 aromatic carbocycles. The van der Waals surface area contributed by atoms with Crippen LogP contribution in [0.1, 0.15) is 53.0 Å². The second-order valence-electron chi connectivity index (χ2n) is 7.57. The van der Waals surface area contributed by atoms with E-state index in [4.69, 9.17) is 5.10 Å². The third-order valence-electron chi connectivity index (χ3n) is 4.20. The van der Waals surface area contributed by atoms with Crippen LogP contribution in [0.5, 0.6) is 0 Å². The lowest BCUT2D eigenvalue weighted by atomic mass is 9.92. The average Bonchev–Trinajstić information content (AvgIpc) is 3.21. The molecule has 1 N–H and O–H groups in total. The van der Waals surface area contributed by atoms with Gasteiger partial charge in [-0.05, 0) is 30.0 Å². The van der Waals surface area contributed by atoms with E-state index in [9.17, 15) is 4.79 Å². The molecule has 1 amide bonds. The Morgan fingerprint density at radius 3 is 2.65 bits per heavy atom. The monoisotopic (exact) mass is 367 g/mol. The normalized spacial score (nSPS) is 11.5. The van der Waals surface area contributed by atoms with Crippen molar-refractivity contribution in [2.45, 2.75) is 46.2 Å². The highest BCUT2D eigenvalue weighted by atomic mass is 32.1. The smallest absolute Gasteiger partial charge is 0.269 e. The SMILES string of the molecule is Cc1cccc(Cn2nc(C(C)(C)C)cc2C(=O)NCc2cccs2)c1. The van der Waals surface area contributed by atoms with E-state index in [1.54, 1.807) is 11.3 Å². The lowest BCUT2D eigenvalue weighted by molar-refractivity contribution is 0.0941. The van der Waals surface area contributed by atoms with E-state index < -0.39 is 0 Å². The van der Waals surface area contributed by atoms with Crippen LogP contribution in [-0.2, 0) is 18.5 Å². The fraction of sp³-hybridized carbons (Fsp3) is 0.333. The van der Waals surface area contributed by atoms with Crippen LogP contribution in [0.2, 0.25) is 0 Å². The van der Waals surface area contributed by atoms with Gasteiger partial charge in [-0.2, -0.15) is 5.10 Å². The van der Waals surface area contributed by atoms with Crippen molar-refractivity contribution >= 4 is 17.2 Å². The van der Waals surface area contributed by atoms with E-state index in [0.29, 0.717) is 18.8 Å². The fourth-order valence-electron chi connectivity index (χ4n) is 2.74. The van der Waals surface area contributed by atoms with Gasteiger partial charge in [-0.25, -0.2) is 0 Å². The van der Waals surface area contributed by atoms with Gasteiger partial charge >= 0.3 is 0 Å². The van der Waals surface area contributed by atoms with Crippen LogP contribution in [0.4, 0.5) is 0 Å². The van der Waals surface area contributed by atoms with Gasteiger partial charge in [-0.3, -0.25) is 9.48 Å². The summed E-state index contributed by atoms with van der Waals surface area (Å²) in [6.07, 6.45) is 0. The van der Waals surface area contributed by atoms with E-state index >= 15 is 0 Å². The summed E-state index contributed by atoms with van der Waals surface area (Å²) in [5.41, 5.74) is 3.76. The second kappa shape index (κ2) is 7.46. The minimum atomic E-state index is -0.110. The zero-order valence-corrected chi connectivity index (χ0v) is 16.6. The highest BCUT2D eigenvalue weighted by Gasteiger charge is 2.23. The molecule has 2 heterocycles. The predicted octanol–water partition coefficient (Wildman–Crippen LogP) is 4.53. The van der Waals surface area contributed by atoms with Crippen LogP contribution < -0.4 is 5.32 Å². The number of amides is 1. The molecule has 3 rings (SSSR count). The maximum absolute atomic E-state index is 12.8. The number of nitrogens with zero attached hydrogens (tertiary/aromatic N) is 2. The molecule has 0 atom stereocenters. The molecule has 0 aliphatic carbocycles. The van der Waals surface area contributed by atoms with E-state index in [-0.39, 0.29) is 11.3 Å². The van der Waals surface area contributed by atoms with E-state index in [2.05, 4.69) is 51.2 Å². The third-order valence-corrected chi connectivity index (χ3v) is 5.08. The number of carbonyl (C=O) groups excluding carboxylic acids is 1. The molecule has 0 aliphatic heterocycles. The van der Waals surface area contributed by atoms with Crippen molar-refractivity contribution in [2.75, 3.05) is 0 Å². The van der Waals surface area contributed by atoms with Crippen LogP contribution in [0.25, 0.3) is 0 Å². The molecule has 0 unspecified atom stereocenters. The topological polar surface area (TPSA) is 46.9 Å². The Balaban J connectivity index is 1.86. The standard InChI is InChI=1S/C21H25N3OS/c1-15-7-5-8-16(11-15)14-24-18(12-19(23-24)21(2,3)4)20(25)22-13-17-9-6-10-26-17/h5-12H,13-14H2,1-4H3,(H,22,25). The van der Waals surface area contributed by atoms with Gasteiger partial charge in [0, 0.05) is 10.3 Å². The van der Waals surface area contributed by atoms with Crippen LogP contribution >= 0.6 is 11.3 Å². The Kier molecular flexibility index (Phi) is 5.28. The number of thiophene rings is 1. The van der Waals surface area contributed by atoms with Gasteiger partial charge in [0.05, 0.1) is 18.8 Å². The molecular formula is C21H25N3OS. The third kappa shape index (κ3) is 4.41. The number of hydrogen-bond donors (Lipinski definition) is 1. The molecule has 5 heteroatoms. The number of benzene rings is 1. The molecule has 0 bridgehead atoms. The highest BCUT2D eigenvalue weighted by molar-refractivity contribution is 7.09. The summed E-state index contributed by atoms with van der Waals surface area (Å²) in [6.45, 7) is 9.53. The Labute approximate surface area is 158 Å². The number of nitrogens with one attached hydrogen (secondary N) is 1. The average molecular weight is 368 g/mol. The van der Waals surface area contributed by atoms with Crippen molar-refractivity contribution in [2.24, 2.45) is 0 Å². The first-order valence-corrected chi connectivity index (χ1v) is 9.65. The van der Waals surface area contributed by atoms with Crippen molar-refractivity contribution in [1.82, 2.24) is 15.1 Å². The maximum atomic E-state index is 12.8. The summed E-state index contributed by atoms with van der Waals surface area (Å²) in [5.74, 6) is -0.0888. The number of carbonyl (C=O) groups is 1. The zero-order chi connectivity index (χ0) is 18.7. The van der Waals surface area contributed by atoms with Crippen LogP contribution in [0, 0.1) is 6.92 Å². The lowest BCUT2D eigenvalue weighted by Crippen LogP contribution is -2.25. The summed E-state index contributed by atoms with van der Waals surface area (Å²) in [4.78, 5) is 13.9. The predicted molar refractivity (Wildman–Crippen MR) is 107 cm³/mol. The van der Waals surface area contributed by atoms with Crippen molar-refractivity contribution < 1.29 is 4.79 Å². The maximum Gasteiger partial charge on any atom is 0.269 e. The van der Waals surface area contributed by atoms with Gasteiger partial charge in [-0.15, -0.1) is 11.3 Å². The summed E-state index contributed by atoms with van der Waals surface area (Å²) in [5, 5.41) is 9.76. The van der Waals surface area contributed by atoms with Gasteiger partial charge in [0.2, 0.25) is 0 Å². The van der Waals surface area contributed by atoms with Crippen LogP contribution in [0.3, 0.4) is 0 Å². The van der Waals surface area contributed by atoms with E-state index in [0.717, 1.165) is 16.1 Å². The molecule has 26 heavy (non-hydrogen) atoms. The molecular weight excluding hydrogens is 342 g/mol. The molecule has 3 aromatic rings. The molecule has 4 nitrogen and oxygen atoms in total. The molecule has 0 spiro atoms. The van der Waals surface area contributed by atoms with Crippen molar-refractivity contribution in [3.63, 3.8) is 0 Å². The zero-order valence-electron chi connectivity index (χ0n) is 15.7. The van der Waals surface area contributed by atoms with Gasteiger partial charge in [0.1, 0.15) is 5.69 Å². The molecule has 0 aliphatic rings. The summed E-state index contributed by atoms with van der Waals surface area (Å²) < 4.78 is 1.82. The number of aromatic nitrogens is 2.